The second-order valence-electron chi connectivity index (χ2n) is 13.2. The number of aliphatic imine (C=N–C) groups is 2. The Bertz CT molecular complexity index is 2700. The van der Waals surface area contributed by atoms with Gasteiger partial charge in [0.05, 0.1) is 11.0 Å². The molecule has 1 aliphatic rings. The number of fused-ring (bicyclic) bond motifs is 9. The molecule has 49 heavy (non-hydrogen) atoms. The summed E-state index contributed by atoms with van der Waals surface area (Å²) in [5.41, 5.74) is 17.4. The summed E-state index contributed by atoms with van der Waals surface area (Å²) in [4.78, 5) is 10.3. The second-order valence-corrected chi connectivity index (χ2v) is 13.2. The third-order valence-electron chi connectivity index (χ3n) is 10.0. The van der Waals surface area contributed by atoms with Crippen LogP contribution in [0.15, 0.2) is 154 Å². The average Bonchev–Trinajstić information content (AvgIpc) is 3.75. The van der Waals surface area contributed by atoms with E-state index in [9.17, 15) is 0 Å². The van der Waals surface area contributed by atoms with Gasteiger partial charge in [0.1, 0.15) is 22.8 Å². The Balaban J connectivity index is 1.23. The molecule has 9 rings (SSSR count). The number of nitrogens with zero attached hydrogens (tertiary/aromatic N) is 3. The van der Waals surface area contributed by atoms with Crippen LogP contribution in [0.3, 0.4) is 0 Å². The van der Waals surface area contributed by atoms with Crippen LogP contribution < -0.4 is 5.73 Å². The summed E-state index contributed by atoms with van der Waals surface area (Å²) in [5.74, 6) is 1.65. The summed E-state index contributed by atoms with van der Waals surface area (Å²) in [6.45, 7) is 6.67. The lowest BCUT2D eigenvalue weighted by atomic mass is 9.82. The van der Waals surface area contributed by atoms with Crippen LogP contribution in [0.5, 0.6) is 0 Å². The van der Waals surface area contributed by atoms with Crippen molar-refractivity contribution in [1.29, 1.82) is 0 Å². The summed E-state index contributed by atoms with van der Waals surface area (Å²) >= 11 is 0. The van der Waals surface area contributed by atoms with E-state index in [0.717, 1.165) is 49.9 Å². The van der Waals surface area contributed by atoms with E-state index in [1.807, 2.05) is 79.7 Å². The Hall–Kier alpha value is -6.20. The zero-order valence-electron chi connectivity index (χ0n) is 27.6. The minimum absolute atomic E-state index is 0.0942. The molecule has 5 nitrogen and oxygen atoms in total. The van der Waals surface area contributed by atoms with Crippen molar-refractivity contribution in [3.8, 4) is 11.1 Å². The highest BCUT2D eigenvalue weighted by atomic mass is 16.3. The Morgan fingerprint density at radius 3 is 2.16 bits per heavy atom. The van der Waals surface area contributed by atoms with Gasteiger partial charge in [0.25, 0.3) is 0 Å². The van der Waals surface area contributed by atoms with E-state index in [-0.39, 0.29) is 5.41 Å². The Kier molecular flexibility index (Phi) is 6.46. The summed E-state index contributed by atoms with van der Waals surface area (Å²) in [6.07, 6.45) is 2.05. The monoisotopic (exact) mass is 634 g/mol. The van der Waals surface area contributed by atoms with E-state index < -0.39 is 0 Å². The summed E-state index contributed by atoms with van der Waals surface area (Å²) in [6, 6.07) is 46.1. The summed E-state index contributed by atoms with van der Waals surface area (Å²) in [7, 11) is 0. The van der Waals surface area contributed by atoms with Gasteiger partial charge in [-0.15, -0.1) is 0 Å². The van der Waals surface area contributed by atoms with Crippen molar-refractivity contribution in [2.75, 3.05) is 0 Å². The van der Waals surface area contributed by atoms with Gasteiger partial charge in [-0.1, -0.05) is 111 Å². The zero-order valence-corrected chi connectivity index (χ0v) is 27.6. The van der Waals surface area contributed by atoms with Crippen molar-refractivity contribution in [3.05, 3.63) is 162 Å². The number of allylic oxidation sites excluding steroid dienone is 1. The molecular formula is C44H34N4O. The maximum atomic E-state index is 6.77. The molecule has 0 saturated heterocycles. The van der Waals surface area contributed by atoms with Gasteiger partial charge in [-0.3, -0.25) is 4.57 Å². The molecule has 236 valence electrons. The molecule has 2 N–H and O–H groups in total. The van der Waals surface area contributed by atoms with Gasteiger partial charge in [-0.25, -0.2) is 9.98 Å². The van der Waals surface area contributed by atoms with Crippen molar-refractivity contribution in [3.63, 3.8) is 0 Å². The lowest BCUT2D eigenvalue weighted by molar-refractivity contribution is 0.661. The fourth-order valence-electron chi connectivity index (χ4n) is 7.57. The molecule has 0 atom stereocenters. The molecule has 6 aromatic carbocycles. The van der Waals surface area contributed by atoms with E-state index in [4.69, 9.17) is 20.1 Å². The first kappa shape index (κ1) is 29.0. The van der Waals surface area contributed by atoms with Crippen LogP contribution in [0.4, 0.5) is 0 Å². The molecule has 0 bridgehead atoms. The molecule has 0 amide bonds. The van der Waals surface area contributed by atoms with Crippen LogP contribution >= 0.6 is 0 Å². The van der Waals surface area contributed by atoms with Crippen molar-refractivity contribution < 1.29 is 4.42 Å². The first-order valence-electron chi connectivity index (χ1n) is 16.7. The van der Waals surface area contributed by atoms with Gasteiger partial charge in [0, 0.05) is 38.1 Å². The molecule has 0 radical (unpaired) electrons. The molecule has 2 aromatic heterocycles. The predicted octanol–water partition coefficient (Wildman–Crippen LogP) is 10.7. The van der Waals surface area contributed by atoms with Crippen LogP contribution in [-0.2, 0) is 5.41 Å². The van der Waals surface area contributed by atoms with Gasteiger partial charge in [0.2, 0.25) is 0 Å². The largest absolute Gasteiger partial charge is 0.456 e. The number of furan rings is 1. The quantitative estimate of drug-likeness (QED) is 0.155. The molecule has 0 fully saturated rings. The van der Waals surface area contributed by atoms with E-state index in [1.165, 1.54) is 33.0 Å². The van der Waals surface area contributed by atoms with E-state index >= 15 is 0 Å². The number of rotatable bonds is 4. The van der Waals surface area contributed by atoms with Crippen LogP contribution in [-0.4, -0.2) is 16.2 Å². The highest BCUT2D eigenvalue weighted by molar-refractivity contribution is 6.15. The lowest BCUT2D eigenvalue weighted by Crippen LogP contribution is -2.16. The van der Waals surface area contributed by atoms with Gasteiger partial charge in [0.15, 0.2) is 5.84 Å². The van der Waals surface area contributed by atoms with Crippen molar-refractivity contribution in [1.82, 2.24) is 4.57 Å². The minimum atomic E-state index is -0.0942. The molecule has 0 saturated carbocycles. The van der Waals surface area contributed by atoms with E-state index in [0.29, 0.717) is 11.7 Å². The first-order valence-corrected chi connectivity index (χ1v) is 16.7. The number of benzene rings is 6. The molecule has 1 aliphatic carbocycles. The summed E-state index contributed by atoms with van der Waals surface area (Å²) < 4.78 is 8.42. The van der Waals surface area contributed by atoms with Gasteiger partial charge in [-0.2, -0.15) is 0 Å². The predicted molar refractivity (Wildman–Crippen MR) is 204 cm³/mol. The number of aromatic nitrogens is 1. The summed E-state index contributed by atoms with van der Waals surface area (Å²) in [5, 5.41) is 4.51. The highest BCUT2D eigenvalue weighted by Crippen LogP contribution is 2.51. The zero-order chi connectivity index (χ0) is 33.3. The molecule has 0 unspecified atom stereocenters. The van der Waals surface area contributed by atoms with Gasteiger partial charge >= 0.3 is 0 Å². The Morgan fingerprint density at radius 2 is 1.33 bits per heavy atom. The molecule has 8 aromatic rings. The van der Waals surface area contributed by atoms with E-state index in [2.05, 4.69) is 85.1 Å². The molecule has 5 heteroatoms. The Morgan fingerprint density at radius 1 is 0.612 bits per heavy atom. The number of para-hydroxylation sites is 2. The third kappa shape index (κ3) is 4.46. The van der Waals surface area contributed by atoms with Crippen LogP contribution in [0.1, 0.15) is 43.0 Å². The number of nitrogens with two attached hydrogens (primary N) is 1. The topological polar surface area (TPSA) is 68.8 Å². The number of hydrogen-bond acceptors (Lipinski definition) is 2. The fourth-order valence-corrected chi connectivity index (χ4v) is 7.57. The standard InChI is InChI=1S/C44H34N4O/c1-4-41(48-37-20-12-9-17-30(37)34-25-36-33(26-38(34)48)29-16-8-11-19-35(29)44(36,2)3)46-43(27-14-6-5-7-15-27)47-42(45)28-22-23-32-31-18-10-13-21-39(31)49-40(32)24-28/h4-26H,1-3H3,(H2,45,46,47)/b41-4+. The normalized spacial score (nSPS) is 14.6. The second kappa shape index (κ2) is 10.9. The fraction of sp³-hybridized carbons (Fsp3) is 0.0909. The van der Waals surface area contributed by atoms with Crippen LogP contribution in [0.2, 0.25) is 0 Å². The number of amidine groups is 2. The van der Waals surface area contributed by atoms with Crippen molar-refractivity contribution >= 4 is 61.2 Å². The maximum absolute atomic E-state index is 6.77. The molecule has 0 aliphatic heterocycles. The van der Waals surface area contributed by atoms with Crippen LogP contribution in [0, 0.1) is 0 Å². The molecule has 2 heterocycles. The first-order chi connectivity index (χ1) is 23.9. The minimum Gasteiger partial charge on any atom is -0.456 e. The highest BCUT2D eigenvalue weighted by Gasteiger charge is 2.36. The number of hydrogen-bond donors (Lipinski definition) is 1. The Labute approximate surface area is 284 Å². The lowest BCUT2D eigenvalue weighted by Gasteiger charge is -2.21. The van der Waals surface area contributed by atoms with Gasteiger partial charge < -0.3 is 10.2 Å². The van der Waals surface area contributed by atoms with Crippen molar-refractivity contribution in [2.24, 2.45) is 15.7 Å². The SMILES string of the molecule is C/C=C(\N=C(/N=C(N)c1ccc2c(c1)oc1ccccc12)c1ccccc1)n1c2ccccc2c2cc3c(cc21)-c1ccccc1C3(C)C. The molecular weight excluding hydrogens is 601 g/mol. The van der Waals surface area contributed by atoms with Crippen molar-refractivity contribution in [2.45, 2.75) is 26.2 Å². The molecule has 0 spiro atoms. The third-order valence-corrected chi connectivity index (χ3v) is 10.0. The smallest absolute Gasteiger partial charge is 0.163 e. The average molecular weight is 635 g/mol. The van der Waals surface area contributed by atoms with Gasteiger partial charge in [-0.05, 0) is 71.7 Å². The van der Waals surface area contributed by atoms with E-state index in [1.54, 1.807) is 0 Å². The van der Waals surface area contributed by atoms with Crippen LogP contribution in [0.25, 0.3) is 60.7 Å². The maximum Gasteiger partial charge on any atom is 0.163 e.